The lowest BCUT2D eigenvalue weighted by atomic mass is 10.2. The molecule has 0 aliphatic heterocycles. The molecule has 8 heteroatoms. The lowest BCUT2D eigenvalue weighted by Gasteiger charge is -2.09. The summed E-state index contributed by atoms with van der Waals surface area (Å²) in [5, 5.41) is 4.91. The van der Waals surface area contributed by atoms with E-state index in [1.807, 2.05) is 0 Å². The highest BCUT2D eigenvalue weighted by Crippen LogP contribution is 2.30. The van der Waals surface area contributed by atoms with Gasteiger partial charge in [-0.1, -0.05) is 12.1 Å². The normalized spacial score (nSPS) is 12.6. The zero-order valence-electron chi connectivity index (χ0n) is 15.8. The van der Waals surface area contributed by atoms with Crippen molar-refractivity contribution in [1.29, 1.82) is 0 Å². The maximum Gasteiger partial charge on any atom is 0.338 e. The fraction of sp³-hybridized carbons (Fsp3) is 0.238. The molecule has 0 bridgehead atoms. The van der Waals surface area contributed by atoms with E-state index in [-0.39, 0.29) is 23.0 Å². The highest BCUT2D eigenvalue weighted by atomic mass is 16.5. The van der Waals surface area contributed by atoms with Crippen LogP contribution in [-0.2, 0) is 14.3 Å². The van der Waals surface area contributed by atoms with Gasteiger partial charge in [0.05, 0.1) is 18.2 Å². The Morgan fingerprint density at radius 2 is 1.69 bits per heavy atom. The Labute approximate surface area is 167 Å². The Kier molecular flexibility index (Phi) is 6.23. The van der Waals surface area contributed by atoms with Crippen molar-refractivity contribution >= 4 is 29.4 Å². The minimum absolute atomic E-state index is 0.0308. The summed E-state index contributed by atoms with van der Waals surface area (Å²) >= 11 is 0. The van der Waals surface area contributed by atoms with Crippen LogP contribution in [0.3, 0.4) is 0 Å². The summed E-state index contributed by atoms with van der Waals surface area (Å²) in [6.07, 6.45) is 1.80. The molecular formula is C21H20N2O6. The van der Waals surface area contributed by atoms with E-state index in [1.54, 1.807) is 30.3 Å². The van der Waals surface area contributed by atoms with Crippen molar-refractivity contribution in [3.63, 3.8) is 0 Å². The number of hydrogen-bond acceptors (Lipinski definition) is 6. The van der Waals surface area contributed by atoms with Crippen LogP contribution in [0.2, 0.25) is 0 Å². The number of carbonyl (C=O) groups excluding carboxylic acids is 4. The first-order chi connectivity index (χ1) is 14.0. The number of amides is 3. The van der Waals surface area contributed by atoms with Gasteiger partial charge in [-0.2, -0.15) is 0 Å². The summed E-state index contributed by atoms with van der Waals surface area (Å²) in [5.74, 6) is -1.76. The highest BCUT2D eigenvalue weighted by molar-refractivity contribution is 6.07. The highest BCUT2D eigenvalue weighted by Gasteiger charge is 2.29. The van der Waals surface area contributed by atoms with Crippen LogP contribution in [0.15, 0.2) is 48.5 Å². The number of nitrogens with one attached hydrogen (secondary N) is 2. The molecule has 1 aliphatic rings. The number of hydrogen-bond donors (Lipinski definition) is 2. The van der Waals surface area contributed by atoms with Crippen molar-refractivity contribution in [2.45, 2.75) is 12.8 Å². The maximum absolute atomic E-state index is 12.1. The minimum Gasteiger partial charge on any atom is -0.496 e. The molecule has 29 heavy (non-hydrogen) atoms. The molecule has 8 nitrogen and oxygen atoms in total. The van der Waals surface area contributed by atoms with Crippen LogP contribution in [-0.4, -0.2) is 37.4 Å². The standard InChI is InChI=1S/C21H20N2O6/c1-28-17-5-3-2-4-16(17)20(26)23-18(24)12-29-21(27)14-8-10-15(11-9-14)22-19(25)13-6-7-13/h2-5,8-11,13H,6-7,12H2,1H3,(H,22,25)(H,23,24,26). The molecule has 2 aromatic carbocycles. The largest absolute Gasteiger partial charge is 0.496 e. The van der Waals surface area contributed by atoms with Crippen LogP contribution in [0.4, 0.5) is 5.69 Å². The number of carbonyl (C=O) groups is 4. The smallest absolute Gasteiger partial charge is 0.338 e. The third kappa shape index (κ3) is 5.41. The van der Waals surface area contributed by atoms with E-state index >= 15 is 0 Å². The quantitative estimate of drug-likeness (QED) is 0.694. The fourth-order valence-corrected chi connectivity index (χ4v) is 2.56. The number of benzene rings is 2. The third-order valence-corrected chi connectivity index (χ3v) is 4.28. The predicted molar refractivity (Wildman–Crippen MR) is 104 cm³/mol. The SMILES string of the molecule is COc1ccccc1C(=O)NC(=O)COC(=O)c1ccc(NC(=O)C2CC2)cc1. The predicted octanol–water partition coefficient (Wildman–Crippen LogP) is 2.16. The maximum atomic E-state index is 12.1. The van der Waals surface area contributed by atoms with E-state index in [4.69, 9.17) is 9.47 Å². The summed E-state index contributed by atoms with van der Waals surface area (Å²) in [7, 11) is 1.42. The van der Waals surface area contributed by atoms with Gasteiger partial charge in [0, 0.05) is 11.6 Å². The number of imide groups is 1. The van der Waals surface area contributed by atoms with Crippen LogP contribution >= 0.6 is 0 Å². The second kappa shape index (κ2) is 9.01. The van der Waals surface area contributed by atoms with E-state index in [2.05, 4.69) is 10.6 Å². The fourth-order valence-electron chi connectivity index (χ4n) is 2.56. The van der Waals surface area contributed by atoms with Crippen LogP contribution in [0.1, 0.15) is 33.6 Å². The molecular weight excluding hydrogens is 376 g/mol. The van der Waals surface area contributed by atoms with Crippen LogP contribution in [0, 0.1) is 5.92 Å². The minimum atomic E-state index is -0.762. The second-order valence-electron chi connectivity index (χ2n) is 6.49. The van der Waals surface area contributed by atoms with Gasteiger partial charge in [-0.15, -0.1) is 0 Å². The molecule has 0 radical (unpaired) electrons. The van der Waals surface area contributed by atoms with Crippen molar-refractivity contribution in [2.24, 2.45) is 5.92 Å². The molecule has 3 rings (SSSR count). The summed E-state index contributed by atoms with van der Waals surface area (Å²) in [6.45, 7) is -0.611. The Balaban J connectivity index is 1.48. The van der Waals surface area contributed by atoms with Gasteiger partial charge < -0.3 is 14.8 Å². The van der Waals surface area contributed by atoms with E-state index < -0.39 is 24.4 Å². The first-order valence-electron chi connectivity index (χ1n) is 9.03. The summed E-state index contributed by atoms with van der Waals surface area (Å²) in [4.78, 5) is 47.8. The van der Waals surface area contributed by atoms with Crippen molar-refractivity contribution in [3.8, 4) is 5.75 Å². The van der Waals surface area contributed by atoms with Gasteiger partial charge >= 0.3 is 5.97 Å². The van der Waals surface area contributed by atoms with Crippen LogP contribution in [0.5, 0.6) is 5.75 Å². The van der Waals surface area contributed by atoms with E-state index in [9.17, 15) is 19.2 Å². The Hall–Kier alpha value is -3.68. The summed E-state index contributed by atoms with van der Waals surface area (Å²) < 4.78 is 10.0. The van der Waals surface area contributed by atoms with Gasteiger partial charge in [-0.05, 0) is 49.2 Å². The molecule has 0 aromatic heterocycles. The van der Waals surface area contributed by atoms with Gasteiger partial charge in [-0.3, -0.25) is 19.7 Å². The molecule has 1 saturated carbocycles. The first kappa shape index (κ1) is 20.1. The average Bonchev–Trinajstić information content (AvgIpc) is 3.58. The molecule has 1 aliphatic carbocycles. The zero-order chi connectivity index (χ0) is 20.8. The molecule has 2 N–H and O–H groups in total. The van der Waals surface area contributed by atoms with Gasteiger partial charge in [0.1, 0.15) is 5.75 Å². The Bertz CT molecular complexity index is 934. The lowest BCUT2D eigenvalue weighted by molar-refractivity contribution is -0.123. The number of esters is 1. The number of ether oxygens (including phenoxy) is 2. The van der Waals surface area contributed by atoms with Crippen molar-refractivity contribution in [1.82, 2.24) is 5.32 Å². The molecule has 2 aromatic rings. The Morgan fingerprint density at radius 1 is 1.00 bits per heavy atom. The lowest BCUT2D eigenvalue weighted by Crippen LogP contribution is -2.34. The van der Waals surface area contributed by atoms with Gasteiger partial charge in [0.2, 0.25) is 5.91 Å². The summed E-state index contributed by atoms with van der Waals surface area (Å²) in [5.41, 5.74) is 0.996. The van der Waals surface area contributed by atoms with Crippen LogP contribution < -0.4 is 15.4 Å². The van der Waals surface area contributed by atoms with E-state index in [0.717, 1.165) is 12.8 Å². The molecule has 150 valence electrons. The second-order valence-corrected chi connectivity index (χ2v) is 6.49. The van der Waals surface area contributed by atoms with E-state index in [0.29, 0.717) is 11.4 Å². The third-order valence-electron chi connectivity index (χ3n) is 4.28. The molecule has 3 amide bonds. The van der Waals surface area contributed by atoms with Gasteiger partial charge in [-0.25, -0.2) is 4.79 Å². The molecule has 1 fully saturated rings. The average molecular weight is 396 g/mol. The van der Waals surface area contributed by atoms with Crippen molar-refractivity contribution in [2.75, 3.05) is 19.0 Å². The Morgan fingerprint density at radius 3 is 2.34 bits per heavy atom. The van der Waals surface area contributed by atoms with Gasteiger partial charge in [0.25, 0.3) is 11.8 Å². The van der Waals surface area contributed by atoms with Gasteiger partial charge in [0.15, 0.2) is 6.61 Å². The molecule has 0 atom stereocenters. The first-order valence-corrected chi connectivity index (χ1v) is 9.03. The molecule has 0 unspecified atom stereocenters. The molecule has 0 saturated heterocycles. The number of anilines is 1. The zero-order valence-corrected chi connectivity index (χ0v) is 15.8. The van der Waals surface area contributed by atoms with E-state index in [1.165, 1.54) is 25.3 Å². The number of rotatable bonds is 7. The summed E-state index contributed by atoms with van der Waals surface area (Å²) in [6, 6.07) is 12.6. The van der Waals surface area contributed by atoms with Crippen LogP contribution in [0.25, 0.3) is 0 Å². The van der Waals surface area contributed by atoms with Crippen molar-refractivity contribution in [3.05, 3.63) is 59.7 Å². The number of methoxy groups -OCH3 is 1. The molecule has 0 spiro atoms. The molecule has 0 heterocycles. The van der Waals surface area contributed by atoms with Crippen molar-refractivity contribution < 1.29 is 28.7 Å². The monoisotopic (exact) mass is 396 g/mol. The number of para-hydroxylation sites is 1. The topological polar surface area (TPSA) is 111 Å².